The zero-order valence-corrected chi connectivity index (χ0v) is 12.8. The van der Waals surface area contributed by atoms with Crippen molar-refractivity contribution in [3.05, 3.63) is 49.6 Å². The number of fused-ring (bicyclic) bond motifs is 1. The SMILES string of the molecule is NC(=O)c1cc(NC2CCc3sc(Cl)cc32)ccc1Cl. The van der Waals surface area contributed by atoms with E-state index in [0.717, 1.165) is 22.9 Å². The van der Waals surface area contributed by atoms with Crippen molar-refractivity contribution < 1.29 is 4.79 Å². The van der Waals surface area contributed by atoms with Gasteiger partial charge in [0.05, 0.1) is 21.0 Å². The van der Waals surface area contributed by atoms with E-state index in [9.17, 15) is 4.79 Å². The van der Waals surface area contributed by atoms with Crippen molar-refractivity contribution in [1.29, 1.82) is 0 Å². The Morgan fingerprint density at radius 1 is 1.35 bits per heavy atom. The van der Waals surface area contributed by atoms with Gasteiger partial charge < -0.3 is 11.1 Å². The average Bonchev–Trinajstić information content (AvgIpc) is 2.92. The number of aryl methyl sites for hydroxylation is 1. The summed E-state index contributed by atoms with van der Waals surface area (Å²) in [6.07, 6.45) is 2.05. The standard InChI is InChI=1S/C14H12Cl2N2OS/c15-10-2-1-7(5-8(10)14(17)19)18-11-3-4-12-9(11)6-13(16)20-12/h1-2,5-6,11,18H,3-4H2,(H2,17,19). The molecule has 104 valence electrons. The lowest BCUT2D eigenvalue weighted by atomic mass is 10.1. The summed E-state index contributed by atoms with van der Waals surface area (Å²) in [5, 5.41) is 3.78. The fraction of sp³-hybridized carbons (Fsp3) is 0.214. The molecule has 3 N–H and O–H groups in total. The summed E-state index contributed by atoms with van der Waals surface area (Å²) in [5.41, 5.74) is 7.72. The molecule has 1 aromatic carbocycles. The van der Waals surface area contributed by atoms with E-state index in [0.29, 0.717) is 10.6 Å². The van der Waals surface area contributed by atoms with Gasteiger partial charge in [-0.05, 0) is 42.7 Å². The molecular formula is C14H12Cl2N2OS. The molecule has 0 bridgehead atoms. The van der Waals surface area contributed by atoms with E-state index in [-0.39, 0.29) is 6.04 Å². The number of halogens is 2. The molecule has 1 aliphatic rings. The number of amides is 1. The predicted molar refractivity (Wildman–Crippen MR) is 84.0 cm³/mol. The topological polar surface area (TPSA) is 55.1 Å². The molecule has 1 unspecified atom stereocenters. The van der Waals surface area contributed by atoms with Crippen molar-refractivity contribution >= 4 is 46.1 Å². The highest BCUT2D eigenvalue weighted by Gasteiger charge is 2.25. The van der Waals surface area contributed by atoms with E-state index in [1.165, 1.54) is 10.4 Å². The molecule has 1 aliphatic carbocycles. The highest BCUT2D eigenvalue weighted by Crippen LogP contribution is 2.41. The third kappa shape index (κ3) is 2.51. The lowest BCUT2D eigenvalue weighted by Crippen LogP contribution is -2.13. The molecular weight excluding hydrogens is 315 g/mol. The van der Waals surface area contributed by atoms with Crippen LogP contribution in [0.2, 0.25) is 9.36 Å². The first kappa shape index (κ1) is 13.7. The highest BCUT2D eigenvalue weighted by atomic mass is 35.5. The lowest BCUT2D eigenvalue weighted by Gasteiger charge is -2.15. The number of nitrogens with two attached hydrogens (primary N) is 1. The fourth-order valence-corrected chi connectivity index (χ4v) is 4.05. The summed E-state index contributed by atoms with van der Waals surface area (Å²) in [6.45, 7) is 0. The largest absolute Gasteiger partial charge is 0.378 e. The molecule has 0 fully saturated rings. The van der Waals surface area contributed by atoms with Crippen LogP contribution in [0.3, 0.4) is 0 Å². The molecule has 0 aliphatic heterocycles. The maximum absolute atomic E-state index is 11.3. The molecule has 20 heavy (non-hydrogen) atoms. The van der Waals surface area contributed by atoms with Crippen LogP contribution in [0, 0.1) is 0 Å². The first-order valence-electron chi connectivity index (χ1n) is 6.18. The third-order valence-corrected chi connectivity index (χ3v) is 5.09. The van der Waals surface area contributed by atoms with Gasteiger partial charge in [-0.15, -0.1) is 11.3 Å². The number of primary amides is 1. The number of thiophene rings is 1. The van der Waals surface area contributed by atoms with Crippen molar-refractivity contribution in [2.45, 2.75) is 18.9 Å². The Labute approximate surface area is 130 Å². The number of hydrogen-bond donors (Lipinski definition) is 2. The minimum absolute atomic E-state index is 0.218. The second-order valence-corrected chi connectivity index (χ2v) is 6.90. The van der Waals surface area contributed by atoms with Gasteiger partial charge in [0.2, 0.25) is 5.91 Å². The summed E-state index contributed by atoms with van der Waals surface area (Å²) >= 11 is 13.6. The van der Waals surface area contributed by atoms with E-state index in [2.05, 4.69) is 5.32 Å². The third-order valence-electron chi connectivity index (χ3n) is 3.42. The van der Waals surface area contributed by atoms with Gasteiger partial charge >= 0.3 is 0 Å². The number of nitrogens with one attached hydrogen (secondary N) is 1. The molecule has 1 atom stereocenters. The Morgan fingerprint density at radius 3 is 2.90 bits per heavy atom. The lowest BCUT2D eigenvalue weighted by molar-refractivity contribution is 0.100. The van der Waals surface area contributed by atoms with Crippen LogP contribution in [-0.4, -0.2) is 5.91 Å². The molecule has 3 nitrogen and oxygen atoms in total. The summed E-state index contributed by atoms with van der Waals surface area (Å²) < 4.78 is 0.815. The van der Waals surface area contributed by atoms with Crippen LogP contribution < -0.4 is 11.1 Å². The monoisotopic (exact) mass is 326 g/mol. The van der Waals surface area contributed by atoms with Gasteiger partial charge in [0.1, 0.15) is 0 Å². The first-order chi connectivity index (χ1) is 9.54. The van der Waals surface area contributed by atoms with Gasteiger partial charge in [-0.1, -0.05) is 23.2 Å². The van der Waals surface area contributed by atoms with Crippen LogP contribution in [0.4, 0.5) is 5.69 Å². The molecule has 6 heteroatoms. The van der Waals surface area contributed by atoms with Crippen molar-refractivity contribution in [2.75, 3.05) is 5.32 Å². The average molecular weight is 327 g/mol. The van der Waals surface area contributed by atoms with Gasteiger partial charge in [-0.2, -0.15) is 0 Å². The number of anilines is 1. The van der Waals surface area contributed by atoms with Gasteiger partial charge in [-0.25, -0.2) is 0 Å². The molecule has 0 spiro atoms. The van der Waals surface area contributed by atoms with Crippen molar-refractivity contribution in [1.82, 2.24) is 0 Å². The fourth-order valence-electron chi connectivity index (χ4n) is 2.49. The van der Waals surface area contributed by atoms with E-state index in [1.807, 2.05) is 12.1 Å². The van der Waals surface area contributed by atoms with Gasteiger partial charge in [-0.3, -0.25) is 4.79 Å². The molecule has 1 amide bonds. The Kier molecular flexibility index (Phi) is 3.63. The summed E-state index contributed by atoms with van der Waals surface area (Å²) in [6, 6.07) is 7.45. The quantitative estimate of drug-likeness (QED) is 0.885. The Balaban J connectivity index is 1.86. The molecule has 1 aromatic heterocycles. The Morgan fingerprint density at radius 2 is 2.15 bits per heavy atom. The number of hydrogen-bond acceptors (Lipinski definition) is 3. The van der Waals surface area contributed by atoms with Crippen molar-refractivity contribution in [2.24, 2.45) is 5.73 Å². The molecule has 3 rings (SSSR count). The number of benzene rings is 1. The second-order valence-electron chi connectivity index (χ2n) is 4.72. The molecule has 0 saturated carbocycles. The van der Waals surface area contributed by atoms with Crippen LogP contribution >= 0.6 is 34.5 Å². The molecule has 1 heterocycles. The minimum Gasteiger partial charge on any atom is -0.378 e. The predicted octanol–water partition coefficient (Wildman–Crippen LogP) is 4.25. The summed E-state index contributed by atoms with van der Waals surface area (Å²) in [5.74, 6) is -0.524. The van der Waals surface area contributed by atoms with E-state index < -0.39 is 5.91 Å². The number of carbonyl (C=O) groups is 1. The zero-order valence-electron chi connectivity index (χ0n) is 10.5. The van der Waals surface area contributed by atoms with E-state index in [1.54, 1.807) is 23.5 Å². The minimum atomic E-state index is -0.524. The molecule has 2 aromatic rings. The number of rotatable bonds is 3. The van der Waals surface area contributed by atoms with Crippen molar-refractivity contribution in [3.63, 3.8) is 0 Å². The molecule has 0 radical (unpaired) electrons. The molecule has 0 saturated heterocycles. The van der Waals surface area contributed by atoms with E-state index >= 15 is 0 Å². The van der Waals surface area contributed by atoms with Crippen molar-refractivity contribution in [3.8, 4) is 0 Å². The van der Waals surface area contributed by atoms with Crippen LogP contribution in [0.1, 0.15) is 33.3 Å². The smallest absolute Gasteiger partial charge is 0.250 e. The van der Waals surface area contributed by atoms with Crippen LogP contribution in [0.15, 0.2) is 24.3 Å². The highest BCUT2D eigenvalue weighted by molar-refractivity contribution is 7.16. The number of carbonyl (C=O) groups excluding carboxylic acids is 1. The summed E-state index contributed by atoms with van der Waals surface area (Å²) in [4.78, 5) is 12.6. The maximum Gasteiger partial charge on any atom is 0.250 e. The van der Waals surface area contributed by atoms with Crippen LogP contribution in [-0.2, 0) is 6.42 Å². The maximum atomic E-state index is 11.3. The van der Waals surface area contributed by atoms with Crippen LogP contribution in [0.25, 0.3) is 0 Å². The Bertz CT molecular complexity index is 684. The summed E-state index contributed by atoms with van der Waals surface area (Å²) in [7, 11) is 0. The van der Waals surface area contributed by atoms with Gasteiger partial charge in [0.15, 0.2) is 0 Å². The van der Waals surface area contributed by atoms with E-state index in [4.69, 9.17) is 28.9 Å². The zero-order chi connectivity index (χ0) is 14.3. The second kappa shape index (κ2) is 5.28. The van der Waals surface area contributed by atoms with Gasteiger partial charge in [0, 0.05) is 10.6 Å². The van der Waals surface area contributed by atoms with Crippen LogP contribution in [0.5, 0.6) is 0 Å². The normalized spacial score (nSPS) is 17.0. The van der Waals surface area contributed by atoms with Gasteiger partial charge in [0.25, 0.3) is 0 Å². The Hall–Kier alpha value is -1.23. The first-order valence-corrected chi connectivity index (χ1v) is 7.76.